The lowest BCUT2D eigenvalue weighted by molar-refractivity contribution is 0.00693. The molecule has 0 bridgehead atoms. The predicted molar refractivity (Wildman–Crippen MR) is 104 cm³/mol. The highest BCUT2D eigenvalue weighted by Gasteiger charge is 2.36. The Balaban J connectivity index is 1.69. The van der Waals surface area contributed by atoms with Crippen molar-refractivity contribution >= 4 is 17.6 Å². The standard InChI is InChI=1S/C20H26ClN3O3/c1-19(2,3)27-18(25)14-6-7-15(22-17(14)21)24-12-8-16(23-24)26-13-5-9-20(4)10-11-20/h6-8,12H,5,9-11,13H2,1-4H3/i5D2,9D2. The van der Waals surface area contributed by atoms with E-state index >= 15 is 0 Å². The molecule has 0 saturated heterocycles. The molecule has 0 N–H and O–H groups in total. The first-order chi connectivity index (χ1) is 14.2. The molecule has 6 nitrogen and oxygen atoms in total. The highest BCUT2D eigenvalue weighted by molar-refractivity contribution is 6.32. The van der Waals surface area contributed by atoms with Gasteiger partial charge in [-0.2, -0.15) is 0 Å². The number of carbonyl (C=O) groups is 1. The Morgan fingerprint density at radius 3 is 2.74 bits per heavy atom. The lowest BCUT2D eigenvalue weighted by Crippen LogP contribution is -2.24. The molecule has 3 rings (SSSR count). The van der Waals surface area contributed by atoms with E-state index < -0.39 is 36.3 Å². The van der Waals surface area contributed by atoms with Gasteiger partial charge in [-0.3, -0.25) is 0 Å². The Labute approximate surface area is 170 Å². The lowest BCUT2D eigenvalue weighted by atomic mass is 10.0. The first-order valence-electron chi connectivity index (χ1n) is 10.7. The van der Waals surface area contributed by atoms with Crippen LogP contribution in [0, 0.1) is 5.41 Å². The predicted octanol–water partition coefficient (Wildman–Crippen LogP) is 4.84. The van der Waals surface area contributed by atoms with Gasteiger partial charge >= 0.3 is 5.97 Å². The normalized spacial score (nSPS) is 18.7. The molecule has 0 atom stereocenters. The van der Waals surface area contributed by atoms with Crippen LogP contribution in [0.4, 0.5) is 0 Å². The number of hydrogen-bond acceptors (Lipinski definition) is 5. The maximum absolute atomic E-state index is 12.2. The Bertz CT molecular complexity index is 984. The number of carbonyl (C=O) groups excluding carboxylic acids is 1. The number of rotatable bonds is 7. The van der Waals surface area contributed by atoms with Crippen LogP contribution < -0.4 is 4.74 Å². The van der Waals surface area contributed by atoms with E-state index in [-0.39, 0.29) is 16.6 Å². The van der Waals surface area contributed by atoms with Gasteiger partial charge in [0, 0.05) is 17.7 Å². The van der Waals surface area contributed by atoms with Crippen LogP contribution in [0.25, 0.3) is 5.82 Å². The third-order valence-electron chi connectivity index (χ3n) is 3.93. The first kappa shape index (κ1) is 14.9. The van der Waals surface area contributed by atoms with Gasteiger partial charge in [0.1, 0.15) is 10.8 Å². The number of pyridine rings is 1. The molecular weight excluding hydrogens is 366 g/mol. The summed E-state index contributed by atoms with van der Waals surface area (Å²) in [5, 5.41) is 4.15. The Hall–Kier alpha value is -2.08. The highest BCUT2D eigenvalue weighted by atomic mass is 35.5. The summed E-state index contributed by atoms with van der Waals surface area (Å²) in [7, 11) is 0. The number of halogens is 1. The highest BCUT2D eigenvalue weighted by Crippen LogP contribution is 2.48. The summed E-state index contributed by atoms with van der Waals surface area (Å²) in [6.07, 6.45) is -1.35. The lowest BCUT2D eigenvalue weighted by Gasteiger charge is -2.19. The van der Waals surface area contributed by atoms with Gasteiger partial charge in [-0.1, -0.05) is 18.5 Å². The van der Waals surface area contributed by atoms with Crippen LogP contribution >= 0.6 is 11.6 Å². The van der Waals surface area contributed by atoms with Gasteiger partial charge in [-0.05, 0) is 63.9 Å². The maximum atomic E-state index is 12.2. The number of nitrogens with zero attached hydrogens (tertiary/aromatic N) is 3. The van der Waals surface area contributed by atoms with E-state index in [2.05, 4.69) is 10.1 Å². The fourth-order valence-electron chi connectivity index (χ4n) is 2.22. The third kappa shape index (κ3) is 5.45. The fraction of sp³-hybridized carbons (Fsp3) is 0.550. The first-order valence-corrected chi connectivity index (χ1v) is 9.12. The number of aromatic nitrogens is 3. The Morgan fingerprint density at radius 2 is 2.11 bits per heavy atom. The molecule has 0 aliphatic heterocycles. The molecule has 1 aliphatic rings. The van der Waals surface area contributed by atoms with Gasteiger partial charge in [-0.25, -0.2) is 14.5 Å². The largest absolute Gasteiger partial charge is 0.477 e. The molecule has 1 fully saturated rings. The molecule has 0 aromatic carbocycles. The second-order valence-corrected chi connectivity index (χ2v) is 8.12. The zero-order valence-electron chi connectivity index (χ0n) is 19.9. The SMILES string of the molecule is [2H]C([2H])(COc1ccn(-c2ccc(C(=O)OC(C)(C)C)c(Cl)n2)n1)C([2H])([2H])C1(C)CC1. The van der Waals surface area contributed by atoms with Crippen molar-refractivity contribution in [2.24, 2.45) is 5.41 Å². The number of ether oxygens (including phenoxy) is 2. The van der Waals surface area contributed by atoms with E-state index in [4.69, 9.17) is 26.6 Å². The smallest absolute Gasteiger partial charge is 0.341 e. The molecule has 146 valence electrons. The number of esters is 1. The molecule has 0 amide bonds. The third-order valence-corrected chi connectivity index (χ3v) is 4.22. The average Bonchev–Trinajstić information content (AvgIpc) is 3.23. The van der Waals surface area contributed by atoms with Crippen LogP contribution in [0.2, 0.25) is 5.15 Å². The van der Waals surface area contributed by atoms with Crippen molar-refractivity contribution in [1.29, 1.82) is 0 Å². The second-order valence-electron chi connectivity index (χ2n) is 7.76. The second kappa shape index (κ2) is 7.50. The van der Waals surface area contributed by atoms with Crippen molar-refractivity contribution in [2.45, 2.75) is 58.9 Å². The minimum absolute atomic E-state index is 0.0353. The van der Waals surface area contributed by atoms with Crippen molar-refractivity contribution in [1.82, 2.24) is 14.8 Å². The minimum Gasteiger partial charge on any atom is -0.477 e. The van der Waals surface area contributed by atoms with Gasteiger partial charge in [0.05, 0.1) is 12.2 Å². The number of hydrogen-bond donors (Lipinski definition) is 0. The van der Waals surface area contributed by atoms with E-state index in [0.29, 0.717) is 18.7 Å². The van der Waals surface area contributed by atoms with E-state index in [1.54, 1.807) is 40.0 Å². The van der Waals surface area contributed by atoms with Crippen LogP contribution in [-0.2, 0) is 4.74 Å². The zero-order chi connectivity index (χ0) is 23.2. The average molecular weight is 396 g/mol. The summed E-state index contributed by atoms with van der Waals surface area (Å²) in [6.45, 7) is 6.54. The monoisotopic (exact) mass is 395 g/mol. The van der Waals surface area contributed by atoms with Gasteiger partial charge < -0.3 is 9.47 Å². The molecule has 0 radical (unpaired) electrons. The van der Waals surface area contributed by atoms with Crippen LogP contribution in [-0.4, -0.2) is 32.9 Å². The Morgan fingerprint density at radius 1 is 1.37 bits per heavy atom. The summed E-state index contributed by atoms with van der Waals surface area (Å²) in [5.41, 5.74) is -1.20. The van der Waals surface area contributed by atoms with Crippen molar-refractivity contribution in [3.63, 3.8) is 0 Å². The zero-order valence-corrected chi connectivity index (χ0v) is 16.6. The fourth-order valence-corrected chi connectivity index (χ4v) is 2.45. The molecule has 0 unspecified atom stereocenters. The van der Waals surface area contributed by atoms with Crippen molar-refractivity contribution in [2.75, 3.05) is 6.61 Å². The molecule has 1 aliphatic carbocycles. The van der Waals surface area contributed by atoms with Crippen LogP contribution in [0.1, 0.15) is 69.1 Å². The summed E-state index contributed by atoms with van der Waals surface area (Å²) < 4.78 is 44.8. The van der Waals surface area contributed by atoms with Gasteiger partial charge in [-0.15, -0.1) is 5.10 Å². The van der Waals surface area contributed by atoms with Crippen molar-refractivity contribution in [3.8, 4) is 11.7 Å². The molecular formula is C20H26ClN3O3. The summed E-state index contributed by atoms with van der Waals surface area (Å²) in [5.74, 6) is -0.132. The molecule has 1 saturated carbocycles. The minimum atomic E-state index is -2.18. The molecule has 7 heteroatoms. The van der Waals surface area contributed by atoms with Gasteiger partial charge in [0.25, 0.3) is 0 Å². The van der Waals surface area contributed by atoms with Crippen molar-refractivity contribution in [3.05, 3.63) is 35.1 Å². The van der Waals surface area contributed by atoms with Gasteiger partial charge in [0.15, 0.2) is 5.82 Å². The van der Waals surface area contributed by atoms with E-state index in [9.17, 15) is 4.79 Å². The summed E-state index contributed by atoms with van der Waals surface area (Å²) in [4.78, 5) is 16.4. The molecule has 2 aromatic rings. The van der Waals surface area contributed by atoms with E-state index in [1.165, 1.54) is 16.8 Å². The van der Waals surface area contributed by atoms with E-state index in [1.807, 2.05) is 0 Å². The van der Waals surface area contributed by atoms with E-state index in [0.717, 1.165) is 0 Å². The van der Waals surface area contributed by atoms with Crippen LogP contribution in [0.15, 0.2) is 24.4 Å². The summed E-state index contributed by atoms with van der Waals surface area (Å²) >= 11 is 6.15. The van der Waals surface area contributed by atoms with Gasteiger partial charge in [0.2, 0.25) is 5.88 Å². The van der Waals surface area contributed by atoms with Crippen LogP contribution in [0.5, 0.6) is 5.88 Å². The Kier molecular flexibility index (Phi) is 4.15. The quantitative estimate of drug-likeness (QED) is 0.496. The molecule has 2 aromatic heterocycles. The molecule has 27 heavy (non-hydrogen) atoms. The van der Waals surface area contributed by atoms with Crippen LogP contribution in [0.3, 0.4) is 0 Å². The maximum Gasteiger partial charge on any atom is 0.341 e. The topological polar surface area (TPSA) is 66.2 Å². The molecule has 2 heterocycles. The molecule has 0 spiro atoms. The van der Waals surface area contributed by atoms with Crippen molar-refractivity contribution < 1.29 is 19.8 Å². The summed E-state index contributed by atoms with van der Waals surface area (Å²) in [6, 6.07) is 4.56.